The summed E-state index contributed by atoms with van der Waals surface area (Å²) in [6.45, 7) is 7.67. The van der Waals surface area contributed by atoms with E-state index < -0.39 is 4.92 Å². The van der Waals surface area contributed by atoms with Crippen LogP contribution in [0.3, 0.4) is 0 Å². The average molecular weight is 370 g/mol. The van der Waals surface area contributed by atoms with Crippen LogP contribution in [0.1, 0.15) is 30.4 Å². The van der Waals surface area contributed by atoms with E-state index in [-0.39, 0.29) is 17.3 Å². The van der Waals surface area contributed by atoms with Gasteiger partial charge in [-0.3, -0.25) is 10.1 Å². The summed E-state index contributed by atoms with van der Waals surface area (Å²) in [6.07, 6.45) is 5.07. The van der Waals surface area contributed by atoms with Crippen molar-refractivity contribution in [3.8, 4) is 0 Å². The first-order chi connectivity index (χ1) is 13.0. The van der Waals surface area contributed by atoms with E-state index in [9.17, 15) is 10.1 Å². The number of rotatable bonds is 7. The van der Waals surface area contributed by atoms with Gasteiger partial charge in [-0.2, -0.15) is 0 Å². The van der Waals surface area contributed by atoms with Crippen LogP contribution in [0.5, 0.6) is 0 Å². The molecular weight excluding hydrogens is 344 g/mol. The number of aromatic nitrogens is 2. The van der Waals surface area contributed by atoms with Crippen LogP contribution in [-0.4, -0.2) is 46.0 Å². The van der Waals surface area contributed by atoms with E-state index in [4.69, 9.17) is 0 Å². The second-order valence-corrected chi connectivity index (χ2v) is 6.93. The number of nitrogens with one attached hydrogen (secondary N) is 2. The van der Waals surface area contributed by atoms with Crippen molar-refractivity contribution in [3.63, 3.8) is 0 Å². The Morgan fingerprint density at radius 3 is 2.56 bits per heavy atom. The Morgan fingerprint density at radius 2 is 1.85 bits per heavy atom. The van der Waals surface area contributed by atoms with Gasteiger partial charge in [0.25, 0.3) is 0 Å². The van der Waals surface area contributed by atoms with Crippen LogP contribution in [0.4, 0.5) is 23.0 Å². The molecule has 2 heterocycles. The quantitative estimate of drug-likeness (QED) is 0.567. The highest BCUT2D eigenvalue weighted by molar-refractivity contribution is 5.74. The second-order valence-electron chi connectivity index (χ2n) is 6.93. The van der Waals surface area contributed by atoms with Crippen molar-refractivity contribution in [2.24, 2.45) is 0 Å². The Hall–Kier alpha value is -2.74. The van der Waals surface area contributed by atoms with E-state index in [1.807, 2.05) is 32.0 Å². The number of anilines is 3. The van der Waals surface area contributed by atoms with E-state index in [0.29, 0.717) is 6.54 Å². The van der Waals surface area contributed by atoms with Crippen molar-refractivity contribution in [1.29, 1.82) is 0 Å². The number of nitro groups is 1. The van der Waals surface area contributed by atoms with Gasteiger partial charge in [0, 0.05) is 18.8 Å². The molecule has 144 valence electrons. The van der Waals surface area contributed by atoms with Crippen LogP contribution in [0, 0.1) is 24.0 Å². The van der Waals surface area contributed by atoms with Crippen molar-refractivity contribution in [2.75, 3.05) is 36.8 Å². The lowest BCUT2D eigenvalue weighted by Crippen LogP contribution is -2.33. The maximum atomic E-state index is 11.7. The molecule has 1 fully saturated rings. The van der Waals surface area contributed by atoms with Gasteiger partial charge < -0.3 is 15.5 Å². The number of likely N-dealkylation sites (tertiary alicyclic amines) is 1. The first kappa shape index (κ1) is 19.0. The summed E-state index contributed by atoms with van der Waals surface area (Å²) in [5, 5.41) is 17.8. The van der Waals surface area contributed by atoms with Gasteiger partial charge in [-0.1, -0.05) is 12.5 Å². The van der Waals surface area contributed by atoms with Crippen molar-refractivity contribution in [1.82, 2.24) is 14.9 Å². The first-order valence-electron chi connectivity index (χ1n) is 9.34. The third kappa shape index (κ3) is 4.91. The minimum Gasteiger partial charge on any atom is -0.363 e. The van der Waals surface area contributed by atoms with E-state index in [0.717, 1.165) is 36.4 Å². The maximum absolute atomic E-state index is 11.7. The molecule has 0 saturated carbocycles. The smallest absolute Gasteiger partial charge is 0.353 e. The number of hydrogen-bond donors (Lipinski definition) is 2. The maximum Gasteiger partial charge on any atom is 0.353 e. The molecule has 0 atom stereocenters. The summed E-state index contributed by atoms with van der Waals surface area (Å²) in [6, 6.07) is 5.81. The summed E-state index contributed by atoms with van der Waals surface area (Å²) in [5.74, 6) is 0.442. The molecule has 3 rings (SSSR count). The van der Waals surface area contributed by atoms with Gasteiger partial charge in [-0.05, 0) is 63.0 Å². The Kier molecular flexibility index (Phi) is 6.18. The topological polar surface area (TPSA) is 96.2 Å². The summed E-state index contributed by atoms with van der Waals surface area (Å²) >= 11 is 0. The Labute approximate surface area is 159 Å². The molecule has 8 nitrogen and oxygen atoms in total. The summed E-state index contributed by atoms with van der Waals surface area (Å²) in [5.41, 5.74) is 2.91. The van der Waals surface area contributed by atoms with Crippen LogP contribution < -0.4 is 10.6 Å². The first-order valence-corrected chi connectivity index (χ1v) is 9.34. The molecule has 0 bridgehead atoms. The normalized spacial score (nSPS) is 14.7. The van der Waals surface area contributed by atoms with Crippen molar-refractivity contribution < 1.29 is 4.92 Å². The Bertz CT molecular complexity index is 805. The van der Waals surface area contributed by atoms with E-state index >= 15 is 0 Å². The molecule has 1 saturated heterocycles. The fraction of sp³-hybridized carbons (Fsp3) is 0.474. The number of nitrogens with zero attached hydrogens (tertiary/aromatic N) is 4. The van der Waals surface area contributed by atoms with Crippen LogP contribution in [0.25, 0.3) is 0 Å². The van der Waals surface area contributed by atoms with Crippen molar-refractivity contribution >= 4 is 23.0 Å². The molecular formula is C19H26N6O2. The summed E-state index contributed by atoms with van der Waals surface area (Å²) in [7, 11) is 0. The lowest BCUT2D eigenvalue weighted by atomic mass is 10.1. The highest BCUT2D eigenvalue weighted by Crippen LogP contribution is 2.31. The predicted octanol–water partition coefficient (Wildman–Crippen LogP) is 3.64. The number of benzene rings is 1. The van der Waals surface area contributed by atoms with Gasteiger partial charge in [-0.25, -0.2) is 9.97 Å². The molecule has 27 heavy (non-hydrogen) atoms. The van der Waals surface area contributed by atoms with Gasteiger partial charge in [0.2, 0.25) is 11.6 Å². The standard InChI is InChI=1S/C19H26N6O2/c1-14-6-7-16(12-15(14)2)23-19-17(25(26)27)18(21-13-22-19)20-8-11-24-9-4-3-5-10-24/h6-7,12-13H,3-5,8-11H2,1-2H3,(H2,20,21,22,23). The lowest BCUT2D eigenvalue weighted by molar-refractivity contribution is -0.383. The molecule has 2 aromatic rings. The van der Waals surface area contributed by atoms with Gasteiger partial charge in [0.15, 0.2) is 0 Å². The van der Waals surface area contributed by atoms with Crippen LogP contribution in [0.2, 0.25) is 0 Å². The predicted molar refractivity (Wildman–Crippen MR) is 107 cm³/mol. The van der Waals surface area contributed by atoms with Gasteiger partial charge >= 0.3 is 5.69 Å². The zero-order valence-electron chi connectivity index (χ0n) is 15.9. The fourth-order valence-corrected chi connectivity index (χ4v) is 3.24. The largest absolute Gasteiger partial charge is 0.363 e. The lowest BCUT2D eigenvalue weighted by Gasteiger charge is -2.26. The summed E-state index contributed by atoms with van der Waals surface area (Å²) in [4.78, 5) is 21.8. The molecule has 1 aliphatic heterocycles. The van der Waals surface area contributed by atoms with Crippen LogP contribution in [-0.2, 0) is 0 Å². The zero-order chi connectivity index (χ0) is 19.2. The molecule has 1 aromatic heterocycles. The SMILES string of the molecule is Cc1ccc(Nc2ncnc(NCCN3CCCCC3)c2[N+](=O)[O-])cc1C. The van der Waals surface area contributed by atoms with Gasteiger partial charge in [0.1, 0.15) is 6.33 Å². The highest BCUT2D eigenvalue weighted by Gasteiger charge is 2.23. The highest BCUT2D eigenvalue weighted by atomic mass is 16.6. The third-order valence-corrected chi connectivity index (χ3v) is 4.94. The molecule has 8 heteroatoms. The zero-order valence-corrected chi connectivity index (χ0v) is 15.9. The Balaban J connectivity index is 1.73. The molecule has 1 aliphatic rings. The van der Waals surface area contributed by atoms with E-state index in [2.05, 4.69) is 25.5 Å². The Morgan fingerprint density at radius 1 is 1.11 bits per heavy atom. The van der Waals surface area contributed by atoms with Crippen LogP contribution in [0.15, 0.2) is 24.5 Å². The van der Waals surface area contributed by atoms with Crippen LogP contribution >= 0.6 is 0 Å². The molecule has 0 radical (unpaired) electrons. The molecule has 0 unspecified atom stereocenters. The number of aryl methyl sites for hydroxylation is 2. The molecule has 0 aliphatic carbocycles. The van der Waals surface area contributed by atoms with Gasteiger partial charge in [0.05, 0.1) is 4.92 Å². The van der Waals surface area contributed by atoms with E-state index in [1.54, 1.807) is 0 Å². The van der Waals surface area contributed by atoms with Gasteiger partial charge in [-0.15, -0.1) is 0 Å². The fourth-order valence-electron chi connectivity index (χ4n) is 3.24. The third-order valence-electron chi connectivity index (χ3n) is 4.94. The minimum absolute atomic E-state index is 0.130. The second kappa shape index (κ2) is 8.77. The molecule has 0 spiro atoms. The summed E-state index contributed by atoms with van der Waals surface area (Å²) < 4.78 is 0. The minimum atomic E-state index is -0.438. The molecule has 2 N–H and O–H groups in total. The monoisotopic (exact) mass is 370 g/mol. The number of hydrogen-bond acceptors (Lipinski definition) is 7. The van der Waals surface area contributed by atoms with E-state index in [1.165, 1.54) is 25.6 Å². The van der Waals surface area contributed by atoms with Crippen molar-refractivity contribution in [3.05, 3.63) is 45.8 Å². The molecule has 0 amide bonds. The number of piperidine rings is 1. The van der Waals surface area contributed by atoms with Crippen molar-refractivity contribution in [2.45, 2.75) is 33.1 Å². The molecule has 1 aromatic carbocycles. The average Bonchev–Trinajstić information content (AvgIpc) is 2.65.